The minimum absolute atomic E-state index is 0.222. The van der Waals surface area contributed by atoms with Crippen molar-refractivity contribution in [3.63, 3.8) is 0 Å². The van der Waals surface area contributed by atoms with E-state index in [1.54, 1.807) is 0 Å². The number of hydrogen-bond donors (Lipinski definition) is 0. The second-order valence-electron chi connectivity index (χ2n) is 2.65. The molecular weight excluding hydrogens is 326 g/mol. The Morgan fingerprint density at radius 1 is 1.50 bits per heavy atom. The van der Waals surface area contributed by atoms with Gasteiger partial charge in [0, 0.05) is 21.2 Å². The van der Waals surface area contributed by atoms with E-state index in [4.69, 9.17) is 15.4 Å². The Labute approximate surface area is 104 Å². The third kappa shape index (κ3) is 2.63. The highest BCUT2D eigenvalue weighted by Crippen LogP contribution is 2.38. The molecule has 88 valence electrons. The molecule has 0 aliphatic heterocycles. The average Bonchev–Trinajstić information content (AvgIpc) is 2.14. The summed E-state index contributed by atoms with van der Waals surface area (Å²) in [5.74, 6) is -0.386. The Hall–Kier alpha value is -0.860. The Bertz CT molecular complexity index is 544. The molecule has 0 fully saturated rings. The van der Waals surface area contributed by atoms with Gasteiger partial charge < -0.3 is 4.74 Å². The molecule has 0 heterocycles. The fourth-order valence-electron chi connectivity index (χ4n) is 1.08. The summed E-state index contributed by atoms with van der Waals surface area (Å²) in [5, 5.41) is 10.7. The van der Waals surface area contributed by atoms with E-state index in [2.05, 4.69) is 15.9 Å². The first-order valence-corrected chi connectivity index (χ1v) is 6.84. The Morgan fingerprint density at radius 2 is 2.06 bits per heavy atom. The molecule has 0 amide bonds. The third-order valence-electron chi connectivity index (χ3n) is 1.66. The van der Waals surface area contributed by atoms with Crippen LogP contribution in [0, 0.1) is 10.1 Å². The number of ether oxygens (including phenoxy) is 1. The number of nitrogens with zero attached hydrogens (tertiary/aromatic N) is 1. The van der Waals surface area contributed by atoms with E-state index in [1.165, 1.54) is 0 Å². The maximum absolute atomic E-state index is 11.2. The third-order valence-corrected chi connectivity index (χ3v) is 3.45. The first kappa shape index (κ1) is 13.2. The zero-order chi connectivity index (χ0) is 12.5. The van der Waals surface area contributed by atoms with E-state index in [0.717, 1.165) is 19.2 Å². The van der Waals surface area contributed by atoms with Crippen molar-refractivity contribution < 1.29 is 18.1 Å². The Kier molecular flexibility index (Phi) is 3.76. The molecule has 1 aromatic carbocycles. The fraction of sp³-hybridized carbons (Fsp3) is 0.143. The molecule has 1 aromatic rings. The van der Waals surface area contributed by atoms with E-state index >= 15 is 0 Å². The zero-order valence-corrected chi connectivity index (χ0v) is 11.0. The predicted molar refractivity (Wildman–Crippen MR) is 60.4 cm³/mol. The Balaban J connectivity index is 3.68. The van der Waals surface area contributed by atoms with Crippen LogP contribution in [0.25, 0.3) is 0 Å². The lowest BCUT2D eigenvalue weighted by Crippen LogP contribution is -2.00. The number of methoxy groups -OCH3 is 1. The topological polar surface area (TPSA) is 86.5 Å². The van der Waals surface area contributed by atoms with Crippen molar-refractivity contribution in [3.8, 4) is 5.75 Å². The molecule has 0 N–H and O–H groups in total. The minimum atomic E-state index is -4.11. The quantitative estimate of drug-likeness (QED) is 0.482. The van der Waals surface area contributed by atoms with E-state index in [9.17, 15) is 18.5 Å². The van der Waals surface area contributed by atoms with Gasteiger partial charge in [-0.1, -0.05) is 15.9 Å². The molecule has 9 heteroatoms. The number of nitro groups is 1. The smallest absolute Gasteiger partial charge is 0.313 e. The zero-order valence-electron chi connectivity index (χ0n) is 7.81. The van der Waals surface area contributed by atoms with Crippen molar-refractivity contribution in [1.82, 2.24) is 0 Å². The van der Waals surface area contributed by atoms with Crippen molar-refractivity contribution in [2.75, 3.05) is 7.11 Å². The van der Waals surface area contributed by atoms with Crippen molar-refractivity contribution in [3.05, 3.63) is 26.7 Å². The largest absolute Gasteiger partial charge is 0.489 e. The van der Waals surface area contributed by atoms with Crippen LogP contribution in [-0.2, 0) is 9.05 Å². The molecule has 0 atom stereocenters. The highest BCUT2D eigenvalue weighted by molar-refractivity contribution is 9.10. The maximum atomic E-state index is 11.2. The van der Waals surface area contributed by atoms with E-state index in [-0.39, 0.29) is 10.2 Å². The highest BCUT2D eigenvalue weighted by Gasteiger charge is 2.26. The van der Waals surface area contributed by atoms with Crippen molar-refractivity contribution in [2.45, 2.75) is 4.90 Å². The highest BCUT2D eigenvalue weighted by atomic mass is 79.9. The monoisotopic (exact) mass is 329 g/mol. The minimum Gasteiger partial charge on any atom is -0.489 e. The van der Waals surface area contributed by atoms with Gasteiger partial charge >= 0.3 is 5.69 Å². The standard InChI is InChI=1S/C7H5BrClNO5S/c1-15-7-5(10(11)12)2-4(8)3-6(7)16(9,13)14/h2-3H,1H3. The van der Waals surface area contributed by atoms with Gasteiger partial charge in [0.2, 0.25) is 5.75 Å². The first-order chi connectivity index (χ1) is 7.27. The van der Waals surface area contributed by atoms with Crippen molar-refractivity contribution >= 4 is 41.4 Å². The van der Waals surface area contributed by atoms with Crippen LogP contribution in [0.2, 0.25) is 0 Å². The van der Waals surface area contributed by atoms with Gasteiger partial charge in [-0.25, -0.2) is 8.42 Å². The van der Waals surface area contributed by atoms with Gasteiger partial charge in [-0.2, -0.15) is 0 Å². The van der Waals surface area contributed by atoms with Gasteiger partial charge in [0.1, 0.15) is 4.90 Å². The van der Waals surface area contributed by atoms with Gasteiger partial charge in [-0.15, -0.1) is 0 Å². The van der Waals surface area contributed by atoms with Gasteiger partial charge in [-0.05, 0) is 6.07 Å². The Morgan fingerprint density at radius 3 is 2.44 bits per heavy atom. The molecule has 6 nitrogen and oxygen atoms in total. The summed E-state index contributed by atoms with van der Waals surface area (Å²) in [6.45, 7) is 0. The molecule has 0 aliphatic carbocycles. The van der Waals surface area contributed by atoms with Crippen LogP contribution >= 0.6 is 26.6 Å². The van der Waals surface area contributed by atoms with Crippen molar-refractivity contribution in [1.29, 1.82) is 0 Å². The number of hydrogen-bond acceptors (Lipinski definition) is 5. The van der Waals surface area contributed by atoms with E-state index in [0.29, 0.717) is 0 Å². The molecule has 0 radical (unpaired) electrons. The van der Waals surface area contributed by atoms with Crippen LogP contribution in [0.15, 0.2) is 21.5 Å². The van der Waals surface area contributed by atoms with Crippen LogP contribution in [0.1, 0.15) is 0 Å². The second-order valence-corrected chi connectivity index (χ2v) is 6.10. The lowest BCUT2D eigenvalue weighted by molar-refractivity contribution is -0.386. The SMILES string of the molecule is COc1c([N+](=O)[O-])cc(Br)cc1S(=O)(=O)Cl. The molecule has 0 aromatic heterocycles. The summed E-state index contributed by atoms with van der Waals surface area (Å²) in [7, 11) is 2.16. The number of halogens is 2. The molecule has 0 unspecified atom stereocenters. The van der Waals surface area contributed by atoms with Gasteiger partial charge in [0.05, 0.1) is 12.0 Å². The number of nitro benzene ring substituents is 1. The van der Waals surface area contributed by atoms with Crippen LogP contribution in [-0.4, -0.2) is 20.5 Å². The summed E-state index contributed by atoms with van der Waals surface area (Å²) in [6.07, 6.45) is 0. The van der Waals surface area contributed by atoms with Crippen molar-refractivity contribution in [2.24, 2.45) is 0 Å². The normalized spacial score (nSPS) is 11.2. The lowest BCUT2D eigenvalue weighted by atomic mass is 10.3. The molecule has 1 rings (SSSR count). The number of benzene rings is 1. The van der Waals surface area contributed by atoms with Crippen LogP contribution < -0.4 is 4.74 Å². The van der Waals surface area contributed by atoms with E-state index in [1.807, 2.05) is 0 Å². The molecular formula is C7H5BrClNO5S. The molecule has 0 bridgehead atoms. The van der Waals surface area contributed by atoms with Gasteiger partial charge in [0.15, 0.2) is 0 Å². The first-order valence-electron chi connectivity index (χ1n) is 3.74. The lowest BCUT2D eigenvalue weighted by Gasteiger charge is -2.06. The maximum Gasteiger partial charge on any atom is 0.313 e. The molecule has 0 spiro atoms. The molecule has 0 saturated carbocycles. The predicted octanol–water partition coefficient (Wildman–Crippen LogP) is 2.29. The van der Waals surface area contributed by atoms with E-state index < -0.39 is 24.6 Å². The van der Waals surface area contributed by atoms with Crippen LogP contribution in [0.5, 0.6) is 5.75 Å². The van der Waals surface area contributed by atoms with Crippen LogP contribution in [0.3, 0.4) is 0 Å². The average molecular weight is 331 g/mol. The summed E-state index contributed by atoms with van der Waals surface area (Å²) >= 11 is 2.95. The second kappa shape index (κ2) is 4.56. The summed E-state index contributed by atoms with van der Waals surface area (Å²) < 4.78 is 27.3. The number of rotatable bonds is 3. The summed E-state index contributed by atoms with van der Waals surface area (Å²) in [4.78, 5) is 9.48. The van der Waals surface area contributed by atoms with Gasteiger partial charge in [-0.3, -0.25) is 10.1 Å². The molecule has 0 saturated heterocycles. The fourth-order valence-corrected chi connectivity index (χ4v) is 2.69. The van der Waals surface area contributed by atoms with Crippen LogP contribution in [0.4, 0.5) is 5.69 Å². The summed E-state index contributed by atoms with van der Waals surface area (Å²) in [5.41, 5.74) is -0.476. The molecule has 0 aliphatic rings. The summed E-state index contributed by atoms with van der Waals surface area (Å²) in [6, 6.07) is 2.26. The van der Waals surface area contributed by atoms with Gasteiger partial charge in [0.25, 0.3) is 9.05 Å². The molecule has 16 heavy (non-hydrogen) atoms.